The van der Waals surface area contributed by atoms with Gasteiger partial charge in [0.1, 0.15) is 0 Å². The fourth-order valence-corrected chi connectivity index (χ4v) is 2.82. The Morgan fingerprint density at radius 1 is 1.33 bits per heavy atom. The summed E-state index contributed by atoms with van der Waals surface area (Å²) < 4.78 is 10.6. The van der Waals surface area contributed by atoms with Crippen LogP contribution in [0.3, 0.4) is 0 Å². The molecular weight excluding hydrogens is 232 g/mol. The van der Waals surface area contributed by atoms with Gasteiger partial charge in [-0.05, 0) is 19.9 Å². The van der Waals surface area contributed by atoms with Gasteiger partial charge >= 0.3 is 0 Å². The van der Waals surface area contributed by atoms with Crippen LogP contribution in [0.1, 0.15) is 13.3 Å². The van der Waals surface area contributed by atoms with Crippen LogP contribution in [0.2, 0.25) is 0 Å². The van der Waals surface area contributed by atoms with Crippen LogP contribution >= 0.6 is 0 Å². The van der Waals surface area contributed by atoms with E-state index in [1.165, 1.54) is 6.42 Å². The monoisotopic (exact) mass is 258 g/mol. The third kappa shape index (κ3) is 4.17. The first-order valence-electron chi connectivity index (χ1n) is 7.09. The Hall–Kier alpha value is -0.200. The zero-order chi connectivity index (χ0) is 12.8. The molecule has 2 rings (SSSR count). The molecule has 0 bridgehead atoms. The lowest BCUT2D eigenvalue weighted by Crippen LogP contribution is -2.45. The normalized spacial score (nSPS) is 28.7. The second-order valence-corrected chi connectivity index (χ2v) is 5.16. The van der Waals surface area contributed by atoms with Crippen molar-refractivity contribution in [2.75, 3.05) is 59.2 Å². The fourth-order valence-electron chi connectivity index (χ4n) is 2.82. The molecule has 0 amide bonds. The van der Waals surface area contributed by atoms with Crippen LogP contribution in [0.25, 0.3) is 0 Å². The summed E-state index contributed by atoms with van der Waals surface area (Å²) in [6.07, 6.45) is 0.856. The van der Waals surface area contributed by atoms with Crippen molar-refractivity contribution < 1.29 is 14.6 Å². The van der Waals surface area contributed by atoms with Crippen molar-refractivity contribution in [3.05, 3.63) is 0 Å². The number of hydrogen-bond acceptors (Lipinski definition) is 5. The fraction of sp³-hybridized carbons (Fsp3) is 1.00. The first-order chi connectivity index (χ1) is 8.79. The zero-order valence-electron chi connectivity index (χ0n) is 11.4. The molecular formula is C13H26N2O3. The van der Waals surface area contributed by atoms with E-state index in [-0.39, 0.29) is 6.10 Å². The summed E-state index contributed by atoms with van der Waals surface area (Å²) >= 11 is 0. The molecule has 2 saturated heterocycles. The van der Waals surface area contributed by atoms with Gasteiger partial charge in [-0.1, -0.05) is 0 Å². The van der Waals surface area contributed by atoms with Gasteiger partial charge in [0.25, 0.3) is 0 Å². The van der Waals surface area contributed by atoms with Gasteiger partial charge in [0.05, 0.1) is 25.9 Å². The molecule has 5 heteroatoms. The molecule has 5 nitrogen and oxygen atoms in total. The predicted molar refractivity (Wildman–Crippen MR) is 69.7 cm³/mol. The van der Waals surface area contributed by atoms with E-state index in [1.807, 2.05) is 6.92 Å². The number of aliphatic hydroxyl groups excluding tert-OH is 1. The average Bonchev–Trinajstić information content (AvgIpc) is 2.86. The predicted octanol–water partition coefficient (Wildman–Crippen LogP) is -0.210. The number of likely N-dealkylation sites (tertiary alicyclic amines) is 1. The first-order valence-corrected chi connectivity index (χ1v) is 7.09. The van der Waals surface area contributed by atoms with E-state index in [1.54, 1.807) is 0 Å². The molecule has 2 aliphatic rings. The minimum absolute atomic E-state index is 0.353. The lowest BCUT2D eigenvalue weighted by molar-refractivity contribution is 0.0115. The van der Waals surface area contributed by atoms with Gasteiger partial charge in [0, 0.05) is 38.8 Å². The van der Waals surface area contributed by atoms with Crippen LogP contribution in [0.15, 0.2) is 0 Å². The van der Waals surface area contributed by atoms with E-state index in [2.05, 4.69) is 9.80 Å². The number of ether oxygens (including phenoxy) is 2. The van der Waals surface area contributed by atoms with Crippen molar-refractivity contribution in [3.63, 3.8) is 0 Å². The smallest absolute Gasteiger partial charge is 0.0900 e. The van der Waals surface area contributed by atoms with Crippen LogP contribution < -0.4 is 0 Å². The number of aliphatic hydroxyl groups is 1. The van der Waals surface area contributed by atoms with Gasteiger partial charge in [-0.3, -0.25) is 9.80 Å². The highest BCUT2D eigenvalue weighted by molar-refractivity contribution is 4.85. The van der Waals surface area contributed by atoms with Crippen molar-refractivity contribution >= 4 is 0 Å². The lowest BCUT2D eigenvalue weighted by Gasteiger charge is -2.32. The topological polar surface area (TPSA) is 45.2 Å². The Labute approximate surface area is 110 Å². The number of nitrogens with zero attached hydrogens (tertiary/aromatic N) is 2. The molecule has 0 aliphatic carbocycles. The van der Waals surface area contributed by atoms with Gasteiger partial charge in [0.2, 0.25) is 0 Å². The summed E-state index contributed by atoms with van der Waals surface area (Å²) in [7, 11) is 0. The van der Waals surface area contributed by atoms with E-state index >= 15 is 0 Å². The average molecular weight is 258 g/mol. The van der Waals surface area contributed by atoms with Gasteiger partial charge in [0.15, 0.2) is 0 Å². The lowest BCUT2D eigenvalue weighted by atomic mass is 10.2. The molecule has 1 N–H and O–H groups in total. The summed E-state index contributed by atoms with van der Waals surface area (Å²) in [5, 5.41) is 9.84. The molecule has 2 unspecified atom stereocenters. The van der Waals surface area contributed by atoms with E-state index in [4.69, 9.17) is 9.47 Å². The highest BCUT2D eigenvalue weighted by Crippen LogP contribution is 2.17. The number of β-amino-alcohol motifs (C(OH)–C–C–N with tert-alkyl or cyclic N) is 1. The Kier molecular flexibility index (Phi) is 5.85. The maximum Gasteiger partial charge on any atom is 0.0900 e. The minimum Gasteiger partial charge on any atom is -0.389 e. The minimum atomic E-state index is -0.353. The third-order valence-electron chi connectivity index (χ3n) is 3.79. The van der Waals surface area contributed by atoms with Crippen LogP contribution in [0.4, 0.5) is 0 Å². The highest BCUT2D eigenvalue weighted by Gasteiger charge is 2.29. The Bertz CT molecular complexity index is 234. The number of hydrogen-bond donors (Lipinski definition) is 1. The summed E-state index contributed by atoms with van der Waals surface area (Å²) in [6, 6.07) is 0.646. The molecule has 106 valence electrons. The summed E-state index contributed by atoms with van der Waals surface area (Å²) in [5.74, 6) is 0. The SMILES string of the molecule is CCOCC(O)CN1CCC(N2CCOCC2)C1. The molecule has 0 aromatic heterocycles. The van der Waals surface area contributed by atoms with E-state index in [9.17, 15) is 5.11 Å². The van der Waals surface area contributed by atoms with Crippen LogP contribution in [-0.4, -0.2) is 86.2 Å². The Balaban J connectivity index is 1.67. The molecule has 18 heavy (non-hydrogen) atoms. The molecule has 0 saturated carbocycles. The Morgan fingerprint density at radius 3 is 2.83 bits per heavy atom. The molecule has 0 spiro atoms. The molecule has 0 aromatic carbocycles. The largest absolute Gasteiger partial charge is 0.389 e. The van der Waals surface area contributed by atoms with Crippen molar-refractivity contribution in [1.29, 1.82) is 0 Å². The third-order valence-corrected chi connectivity index (χ3v) is 3.79. The molecule has 2 heterocycles. The summed E-state index contributed by atoms with van der Waals surface area (Å²) in [6.45, 7) is 9.82. The summed E-state index contributed by atoms with van der Waals surface area (Å²) in [5.41, 5.74) is 0. The molecule has 2 fully saturated rings. The maximum atomic E-state index is 9.84. The number of rotatable bonds is 6. The second-order valence-electron chi connectivity index (χ2n) is 5.16. The van der Waals surface area contributed by atoms with Crippen molar-refractivity contribution in [1.82, 2.24) is 9.80 Å². The first kappa shape index (κ1) is 14.2. The van der Waals surface area contributed by atoms with Crippen molar-refractivity contribution in [2.24, 2.45) is 0 Å². The van der Waals surface area contributed by atoms with Crippen molar-refractivity contribution in [2.45, 2.75) is 25.5 Å². The van der Waals surface area contributed by atoms with Gasteiger partial charge < -0.3 is 14.6 Å². The number of morpholine rings is 1. The summed E-state index contributed by atoms with van der Waals surface area (Å²) in [4.78, 5) is 4.88. The van der Waals surface area contributed by atoms with Gasteiger partial charge in [-0.25, -0.2) is 0 Å². The Morgan fingerprint density at radius 2 is 2.11 bits per heavy atom. The van der Waals surface area contributed by atoms with Crippen LogP contribution in [0, 0.1) is 0 Å². The second kappa shape index (κ2) is 7.40. The van der Waals surface area contributed by atoms with E-state index in [0.717, 1.165) is 45.9 Å². The van der Waals surface area contributed by atoms with Gasteiger partial charge in [-0.2, -0.15) is 0 Å². The van der Waals surface area contributed by atoms with E-state index in [0.29, 0.717) is 19.3 Å². The van der Waals surface area contributed by atoms with E-state index < -0.39 is 0 Å². The van der Waals surface area contributed by atoms with Gasteiger partial charge in [-0.15, -0.1) is 0 Å². The molecule has 0 radical (unpaired) electrons. The molecule has 0 aromatic rings. The quantitative estimate of drug-likeness (QED) is 0.714. The van der Waals surface area contributed by atoms with Crippen molar-refractivity contribution in [3.8, 4) is 0 Å². The van der Waals surface area contributed by atoms with Crippen LogP contribution in [0.5, 0.6) is 0 Å². The zero-order valence-corrected chi connectivity index (χ0v) is 11.4. The standard InChI is InChI=1S/C13H26N2O3/c1-2-17-11-13(16)10-14-4-3-12(9-14)15-5-7-18-8-6-15/h12-13,16H,2-11H2,1H3. The van der Waals surface area contributed by atoms with Crippen LogP contribution in [-0.2, 0) is 9.47 Å². The molecule has 2 atom stereocenters. The molecule has 2 aliphatic heterocycles. The maximum absolute atomic E-state index is 9.84. The highest BCUT2D eigenvalue weighted by atomic mass is 16.5.